The van der Waals surface area contributed by atoms with Crippen LogP contribution in [-0.4, -0.2) is 25.4 Å². The van der Waals surface area contributed by atoms with E-state index in [9.17, 15) is 4.39 Å². The van der Waals surface area contributed by atoms with Gasteiger partial charge in [-0.05, 0) is 55.6 Å². The summed E-state index contributed by atoms with van der Waals surface area (Å²) in [4.78, 5) is 0. The molecule has 1 N–H and O–H groups in total. The first-order chi connectivity index (χ1) is 9.16. The molecule has 1 atom stereocenters. The quantitative estimate of drug-likeness (QED) is 0.899. The number of benzene rings is 1. The fraction of sp³-hybridized carbons (Fsp3) is 0.600. The maximum absolute atomic E-state index is 15.0. The van der Waals surface area contributed by atoms with Gasteiger partial charge in [0.05, 0.1) is 6.61 Å². The molecular weight excluding hydrogens is 265 g/mol. The van der Waals surface area contributed by atoms with Crippen LogP contribution in [0.2, 0.25) is 5.02 Å². The molecule has 0 radical (unpaired) electrons. The smallest absolute Gasteiger partial charge is 0.126 e. The molecule has 3 rings (SSSR count). The van der Waals surface area contributed by atoms with Crippen molar-refractivity contribution in [2.45, 2.75) is 37.8 Å². The van der Waals surface area contributed by atoms with Gasteiger partial charge in [-0.1, -0.05) is 11.6 Å². The Morgan fingerprint density at radius 3 is 3.11 bits per heavy atom. The first-order valence-corrected chi connectivity index (χ1v) is 7.38. The Bertz CT molecular complexity index is 469. The minimum absolute atomic E-state index is 0.414. The predicted molar refractivity (Wildman–Crippen MR) is 74.9 cm³/mol. The molecule has 0 saturated carbocycles. The third-order valence-corrected chi connectivity index (χ3v) is 4.28. The van der Waals surface area contributed by atoms with Crippen molar-refractivity contribution < 1.29 is 9.13 Å². The third-order valence-electron chi connectivity index (χ3n) is 4.06. The third kappa shape index (κ3) is 2.87. The highest BCUT2D eigenvalue weighted by Gasteiger charge is 2.33. The second kappa shape index (κ2) is 5.29. The minimum atomic E-state index is -1.13. The molecule has 4 heteroatoms. The lowest BCUT2D eigenvalue weighted by Crippen LogP contribution is -2.27. The fourth-order valence-electron chi connectivity index (χ4n) is 3.09. The van der Waals surface area contributed by atoms with Gasteiger partial charge < -0.3 is 10.1 Å². The van der Waals surface area contributed by atoms with Crippen LogP contribution in [0.1, 0.15) is 30.4 Å². The topological polar surface area (TPSA) is 21.3 Å². The minimum Gasteiger partial charge on any atom is -0.493 e. The van der Waals surface area contributed by atoms with Gasteiger partial charge in [-0.25, -0.2) is 4.39 Å². The van der Waals surface area contributed by atoms with Crippen LogP contribution in [0, 0.1) is 0 Å². The average Bonchev–Trinajstić information content (AvgIpc) is 2.72. The number of ether oxygens (including phenoxy) is 1. The van der Waals surface area contributed by atoms with Crippen molar-refractivity contribution in [1.82, 2.24) is 5.32 Å². The van der Waals surface area contributed by atoms with Crippen LogP contribution in [0.15, 0.2) is 12.1 Å². The molecule has 1 fully saturated rings. The molecule has 1 saturated heterocycles. The van der Waals surface area contributed by atoms with Gasteiger partial charge in [-0.3, -0.25) is 0 Å². The summed E-state index contributed by atoms with van der Waals surface area (Å²) >= 11 is 6.13. The van der Waals surface area contributed by atoms with Crippen molar-refractivity contribution >= 4 is 11.6 Å². The van der Waals surface area contributed by atoms with E-state index in [1.807, 2.05) is 12.1 Å². The maximum Gasteiger partial charge on any atom is 0.126 e. The van der Waals surface area contributed by atoms with Crippen LogP contribution < -0.4 is 10.1 Å². The van der Waals surface area contributed by atoms with E-state index >= 15 is 0 Å². The molecule has 0 aromatic heterocycles. The van der Waals surface area contributed by atoms with Crippen molar-refractivity contribution in [3.8, 4) is 5.75 Å². The summed E-state index contributed by atoms with van der Waals surface area (Å²) in [7, 11) is 0. The van der Waals surface area contributed by atoms with Gasteiger partial charge in [0.1, 0.15) is 11.4 Å². The number of nitrogens with one attached hydrogen (secondary N) is 1. The molecule has 2 aliphatic rings. The molecule has 19 heavy (non-hydrogen) atoms. The van der Waals surface area contributed by atoms with E-state index in [0.717, 1.165) is 42.8 Å². The van der Waals surface area contributed by atoms with E-state index in [1.165, 1.54) is 0 Å². The lowest BCUT2D eigenvalue weighted by atomic mass is 9.88. The maximum atomic E-state index is 15.0. The summed E-state index contributed by atoms with van der Waals surface area (Å²) < 4.78 is 20.6. The number of alkyl halides is 1. The van der Waals surface area contributed by atoms with E-state index in [4.69, 9.17) is 16.3 Å². The zero-order valence-electron chi connectivity index (χ0n) is 11.0. The highest BCUT2D eigenvalue weighted by atomic mass is 35.5. The first-order valence-electron chi connectivity index (χ1n) is 7.00. The van der Waals surface area contributed by atoms with Gasteiger partial charge in [0.15, 0.2) is 0 Å². The first kappa shape index (κ1) is 13.2. The molecule has 0 bridgehead atoms. The second-order valence-electron chi connectivity index (χ2n) is 5.58. The highest BCUT2D eigenvalue weighted by Crippen LogP contribution is 2.38. The molecule has 0 spiro atoms. The van der Waals surface area contributed by atoms with E-state index in [0.29, 0.717) is 30.9 Å². The monoisotopic (exact) mass is 283 g/mol. The zero-order valence-corrected chi connectivity index (χ0v) is 11.7. The van der Waals surface area contributed by atoms with E-state index in [1.54, 1.807) is 0 Å². The predicted octanol–water partition coefficient (Wildman–Crippen LogP) is 3.30. The van der Waals surface area contributed by atoms with Crippen LogP contribution in [-0.2, 0) is 12.8 Å². The normalized spacial score (nSPS) is 26.6. The zero-order chi connectivity index (χ0) is 13.3. The molecule has 2 heterocycles. The number of hydrogen-bond acceptors (Lipinski definition) is 2. The van der Waals surface area contributed by atoms with Crippen LogP contribution >= 0.6 is 11.6 Å². The van der Waals surface area contributed by atoms with Gasteiger partial charge in [0.25, 0.3) is 0 Å². The van der Waals surface area contributed by atoms with Gasteiger partial charge in [-0.15, -0.1) is 0 Å². The number of halogens is 2. The molecule has 1 aromatic carbocycles. The van der Waals surface area contributed by atoms with E-state index in [2.05, 4.69) is 5.32 Å². The van der Waals surface area contributed by atoms with Crippen molar-refractivity contribution in [2.75, 3.05) is 19.7 Å². The number of hydrogen-bond donors (Lipinski definition) is 1. The molecule has 0 aliphatic carbocycles. The fourth-order valence-corrected chi connectivity index (χ4v) is 3.35. The molecule has 1 aromatic rings. The largest absolute Gasteiger partial charge is 0.493 e. The van der Waals surface area contributed by atoms with Crippen molar-refractivity contribution in [3.63, 3.8) is 0 Å². The molecular formula is C15H19ClFNO. The Kier molecular flexibility index (Phi) is 3.68. The Morgan fingerprint density at radius 2 is 2.21 bits per heavy atom. The van der Waals surface area contributed by atoms with Gasteiger partial charge in [0, 0.05) is 17.9 Å². The number of rotatable bonds is 2. The standard InChI is InChI=1S/C15H19ClFNO/c16-13-8-11-2-7-19-14(11)12(9-13)10-15(17)3-1-5-18-6-4-15/h8-9,18H,1-7,10H2. The number of fused-ring (bicyclic) bond motifs is 1. The SMILES string of the molecule is FC1(Cc2cc(Cl)cc3c2OCC3)CCCNCC1. The van der Waals surface area contributed by atoms with E-state index in [-0.39, 0.29) is 0 Å². The van der Waals surface area contributed by atoms with Crippen LogP contribution in [0.3, 0.4) is 0 Å². The Balaban J connectivity index is 1.86. The van der Waals surface area contributed by atoms with E-state index < -0.39 is 5.67 Å². The Hall–Kier alpha value is -0.800. The summed E-state index contributed by atoms with van der Waals surface area (Å²) in [6, 6.07) is 3.80. The summed E-state index contributed by atoms with van der Waals surface area (Å²) in [5, 5.41) is 3.94. The van der Waals surface area contributed by atoms with Crippen LogP contribution in [0.25, 0.3) is 0 Å². The molecule has 0 amide bonds. The highest BCUT2D eigenvalue weighted by molar-refractivity contribution is 6.30. The summed E-state index contributed by atoms with van der Waals surface area (Å²) in [6.07, 6.45) is 3.36. The average molecular weight is 284 g/mol. The van der Waals surface area contributed by atoms with Gasteiger partial charge in [-0.2, -0.15) is 0 Å². The Morgan fingerprint density at radius 1 is 1.32 bits per heavy atom. The van der Waals surface area contributed by atoms with Gasteiger partial charge in [0.2, 0.25) is 0 Å². The van der Waals surface area contributed by atoms with Crippen molar-refractivity contribution in [3.05, 3.63) is 28.3 Å². The lowest BCUT2D eigenvalue weighted by molar-refractivity contribution is 0.143. The van der Waals surface area contributed by atoms with Crippen molar-refractivity contribution in [1.29, 1.82) is 0 Å². The summed E-state index contributed by atoms with van der Waals surface area (Å²) in [6.45, 7) is 2.35. The van der Waals surface area contributed by atoms with Crippen LogP contribution in [0.4, 0.5) is 4.39 Å². The van der Waals surface area contributed by atoms with Crippen molar-refractivity contribution in [2.24, 2.45) is 0 Å². The summed E-state index contributed by atoms with van der Waals surface area (Å²) in [5.74, 6) is 0.874. The second-order valence-corrected chi connectivity index (χ2v) is 6.02. The molecule has 1 unspecified atom stereocenters. The molecule has 104 valence electrons. The molecule has 2 aliphatic heterocycles. The summed E-state index contributed by atoms with van der Waals surface area (Å²) in [5.41, 5.74) is 0.927. The molecule has 2 nitrogen and oxygen atoms in total. The Labute approximate surface area is 118 Å². The van der Waals surface area contributed by atoms with Crippen LogP contribution in [0.5, 0.6) is 5.75 Å². The van der Waals surface area contributed by atoms with Gasteiger partial charge >= 0.3 is 0 Å². The lowest BCUT2D eigenvalue weighted by Gasteiger charge is -2.24.